The third-order valence-electron chi connectivity index (χ3n) is 3.42. The number of amides is 1. The number of hydrogen-bond acceptors (Lipinski definition) is 4. The van der Waals surface area contributed by atoms with Crippen LogP contribution in [0.25, 0.3) is 0 Å². The number of benzene rings is 1. The highest BCUT2D eigenvalue weighted by atomic mass is 16.5. The average Bonchev–Trinajstić information content (AvgIpc) is 2.49. The molecule has 0 saturated carbocycles. The van der Waals surface area contributed by atoms with Crippen LogP contribution in [0.4, 0.5) is 0 Å². The van der Waals surface area contributed by atoms with Crippen LogP contribution in [0, 0.1) is 0 Å². The Hall–Kier alpha value is -1.75. The minimum absolute atomic E-state index is 0.0244. The second-order valence-electron chi connectivity index (χ2n) is 5.06. The van der Waals surface area contributed by atoms with Gasteiger partial charge in [0.05, 0.1) is 7.11 Å². The first-order valence-corrected chi connectivity index (χ1v) is 7.37. The summed E-state index contributed by atoms with van der Waals surface area (Å²) in [6.07, 6.45) is 1.82. The highest BCUT2D eigenvalue weighted by Crippen LogP contribution is 2.28. The van der Waals surface area contributed by atoms with E-state index in [1.807, 2.05) is 32.9 Å². The molecule has 0 unspecified atom stereocenters. The smallest absolute Gasteiger partial charge is 0.258 e. The molecule has 5 heteroatoms. The molecule has 0 aliphatic heterocycles. The molecule has 0 heterocycles. The molecule has 0 aromatic heterocycles. The summed E-state index contributed by atoms with van der Waals surface area (Å²) >= 11 is 0. The Balaban J connectivity index is 2.71. The van der Waals surface area contributed by atoms with Gasteiger partial charge in [0.2, 0.25) is 0 Å². The fourth-order valence-corrected chi connectivity index (χ4v) is 2.05. The lowest BCUT2D eigenvalue weighted by Gasteiger charge is -2.17. The minimum Gasteiger partial charge on any atom is -0.497 e. The Morgan fingerprint density at radius 2 is 2.00 bits per heavy atom. The number of hydrogen-bond donors (Lipinski definition) is 2. The number of rotatable bonds is 8. The van der Waals surface area contributed by atoms with Crippen LogP contribution in [0.2, 0.25) is 0 Å². The molecule has 1 atom stereocenters. The van der Waals surface area contributed by atoms with Gasteiger partial charge in [-0.05, 0) is 25.8 Å². The molecular formula is C16H26N2O3. The zero-order valence-corrected chi connectivity index (χ0v) is 13.3. The van der Waals surface area contributed by atoms with Gasteiger partial charge in [0.25, 0.3) is 5.91 Å². The largest absolute Gasteiger partial charge is 0.497 e. The van der Waals surface area contributed by atoms with E-state index in [0.717, 1.165) is 18.4 Å². The topological polar surface area (TPSA) is 73.6 Å². The number of nitrogens with two attached hydrogens (primary N) is 1. The summed E-state index contributed by atoms with van der Waals surface area (Å²) in [4.78, 5) is 11.9. The Morgan fingerprint density at radius 1 is 1.33 bits per heavy atom. The van der Waals surface area contributed by atoms with Crippen molar-refractivity contribution in [3.8, 4) is 11.5 Å². The normalized spacial score (nSPS) is 12.1. The average molecular weight is 294 g/mol. The summed E-state index contributed by atoms with van der Waals surface area (Å²) in [5.41, 5.74) is 6.77. The van der Waals surface area contributed by atoms with Gasteiger partial charge in [0.15, 0.2) is 6.61 Å². The first-order chi connectivity index (χ1) is 10.0. The maximum atomic E-state index is 11.9. The predicted molar refractivity (Wildman–Crippen MR) is 83.6 cm³/mol. The van der Waals surface area contributed by atoms with Crippen molar-refractivity contribution >= 4 is 5.91 Å². The van der Waals surface area contributed by atoms with E-state index >= 15 is 0 Å². The Kier molecular flexibility index (Phi) is 7.02. The molecule has 1 aromatic rings. The van der Waals surface area contributed by atoms with Crippen molar-refractivity contribution in [2.24, 2.45) is 5.73 Å². The van der Waals surface area contributed by atoms with Crippen LogP contribution >= 0.6 is 0 Å². The second-order valence-corrected chi connectivity index (χ2v) is 5.06. The van der Waals surface area contributed by atoms with Gasteiger partial charge < -0.3 is 20.5 Å². The van der Waals surface area contributed by atoms with Gasteiger partial charge in [0, 0.05) is 23.7 Å². The maximum Gasteiger partial charge on any atom is 0.258 e. The van der Waals surface area contributed by atoms with Crippen LogP contribution in [0.1, 0.15) is 45.2 Å². The van der Waals surface area contributed by atoms with Crippen molar-refractivity contribution in [2.45, 2.75) is 45.7 Å². The summed E-state index contributed by atoms with van der Waals surface area (Å²) < 4.78 is 10.8. The lowest BCUT2D eigenvalue weighted by Crippen LogP contribution is -2.37. The predicted octanol–water partition coefficient (Wildman–Crippen LogP) is 2.40. The van der Waals surface area contributed by atoms with Crippen molar-refractivity contribution in [3.05, 3.63) is 23.8 Å². The molecule has 3 N–H and O–H groups in total. The number of ether oxygens (including phenoxy) is 2. The van der Waals surface area contributed by atoms with Gasteiger partial charge in [0.1, 0.15) is 11.5 Å². The van der Waals surface area contributed by atoms with Crippen molar-refractivity contribution in [1.29, 1.82) is 0 Å². The molecule has 0 radical (unpaired) electrons. The van der Waals surface area contributed by atoms with Crippen molar-refractivity contribution in [1.82, 2.24) is 5.32 Å². The fourth-order valence-electron chi connectivity index (χ4n) is 2.05. The SMILES string of the molecule is CCC(CC)NC(=O)COc1cc(OC)ccc1[C@H](C)N. The first-order valence-electron chi connectivity index (χ1n) is 7.37. The number of nitrogens with one attached hydrogen (secondary N) is 1. The lowest BCUT2D eigenvalue weighted by atomic mass is 10.1. The standard InChI is InChI=1S/C16H26N2O3/c1-5-12(6-2)18-16(19)10-21-15-9-13(20-4)7-8-14(15)11(3)17/h7-9,11-12H,5-6,10,17H2,1-4H3,(H,18,19)/t11-/m0/s1. The molecule has 0 bridgehead atoms. The van der Waals surface area contributed by atoms with E-state index in [4.69, 9.17) is 15.2 Å². The van der Waals surface area contributed by atoms with Gasteiger partial charge in [-0.25, -0.2) is 0 Å². The molecule has 0 spiro atoms. The second kappa shape index (κ2) is 8.52. The molecule has 1 rings (SSSR count). The highest BCUT2D eigenvalue weighted by molar-refractivity contribution is 5.77. The Labute approximate surface area is 126 Å². The fraction of sp³-hybridized carbons (Fsp3) is 0.562. The molecule has 118 valence electrons. The monoisotopic (exact) mass is 294 g/mol. The van der Waals surface area contributed by atoms with Crippen molar-refractivity contribution < 1.29 is 14.3 Å². The maximum absolute atomic E-state index is 11.9. The third kappa shape index (κ3) is 5.27. The molecule has 0 saturated heterocycles. The van der Waals surface area contributed by atoms with Crippen LogP contribution in [0.3, 0.4) is 0 Å². The van der Waals surface area contributed by atoms with Crippen LogP contribution in [-0.4, -0.2) is 25.7 Å². The first kappa shape index (κ1) is 17.3. The van der Waals surface area contributed by atoms with Crippen LogP contribution in [0.15, 0.2) is 18.2 Å². The van der Waals surface area contributed by atoms with E-state index in [1.165, 1.54) is 0 Å². The van der Waals surface area contributed by atoms with Crippen molar-refractivity contribution in [3.63, 3.8) is 0 Å². The lowest BCUT2D eigenvalue weighted by molar-refractivity contribution is -0.123. The summed E-state index contributed by atoms with van der Waals surface area (Å²) in [5, 5.41) is 2.94. The summed E-state index contributed by atoms with van der Waals surface area (Å²) in [6, 6.07) is 5.46. The molecule has 21 heavy (non-hydrogen) atoms. The van der Waals surface area contributed by atoms with E-state index in [2.05, 4.69) is 5.32 Å². The van der Waals surface area contributed by atoms with Gasteiger partial charge in [-0.1, -0.05) is 19.9 Å². The zero-order valence-electron chi connectivity index (χ0n) is 13.3. The van der Waals surface area contributed by atoms with Gasteiger partial charge >= 0.3 is 0 Å². The van der Waals surface area contributed by atoms with E-state index < -0.39 is 0 Å². The molecule has 0 aliphatic carbocycles. The quantitative estimate of drug-likeness (QED) is 0.772. The van der Waals surface area contributed by atoms with E-state index in [-0.39, 0.29) is 24.6 Å². The zero-order chi connectivity index (χ0) is 15.8. The summed E-state index contributed by atoms with van der Waals surface area (Å²) in [7, 11) is 1.59. The molecule has 5 nitrogen and oxygen atoms in total. The molecular weight excluding hydrogens is 268 g/mol. The van der Waals surface area contributed by atoms with E-state index in [0.29, 0.717) is 11.5 Å². The molecule has 1 amide bonds. The summed E-state index contributed by atoms with van der Waals surface area (Å²) in [6.45, 7) is 5.94. The van der Waals surface area contributed by atoms with Crippen molar-refractivity contribution in [2.75, 3.05) is 13.7 Å². The van der Waals surface area contributed by atoms with Crippen LogP contribution in [0.5, 0.6) is 11.5 Å². The number of carbonyl (C=O) groups excluding carboxylic acids is 1. The summed E-state index contributed by atoms with van der Waals surface area (Å²) in [5.74, 6) is 1.14. The Bertz CT molecular complexity index is 457. The number of methoxy groups -OCH3 is 1. The van der Waals surface area contributed by atoms with Gasteiger partial charge in [-0.2, -0.15) is 0 Å². The van der Waals surface area contributed by atoms with E-state index in [9.17, 15) is 4.79 Å². The highest BCUT2D eigenvalue weighted by Gasteiger charge is 2.13. The minimum atomic E-state index is -0.173. The van der Waals surface area contributed by atoms with Gasteiger partial charge in [-0.15, -0.1) is 0 Å². The molecule has 0 fully saturated rings. The number of carbonyl (C=O) groups is 1. The van der Waals surface area contributed by atoms with Gasteiger partial charge in [-0.3, -0.25) is 4.79 Å². The molecule has 1 aromatic carbocycles. The Morgan fingerprint density at radius 3 is 2.52 bits per heavy atom. The van der Waals surface area contributed by atoms with E-state index in [1.54, 1.807) is 13.2 Å². The molecule has 0 aliphatic rings. The van der Waals surface area contributed by atoms with Crippen LogP contribution in [-0.2, 0) is 4.79 Å². The third-order valence-corrected chi connectivity index (χ3v) is 3.42. The van der Waals surface area contributed by atoms with Crippen LogP contribution < -0.4 is 20.5 Å².